The predicted molar refractivity (Wildman–Crippen MR) is 437 cm³/mol. The highest BCUT2D eigenvalue weighted by atomic mass is 16.5. The van der Waals surface area contributed by atoms with Gasteiger partial charge in [0.2, 0.25) is 0 Å². The zero-order valence-electron chi connectivity index (χ0n) is 69.3. The molecule has 602 valence electrons. The van der Waals surface area contributed by atoms with Gasteiger partial charge in [-0.05, 0) is 146 Å². The number of hydrogen-bond acceptors (Lipinski definition) is 19. The van der Waals surface area contributed by atoms with Crippen LogP contribution in [-0.4, -0.2) is 135 Å². The summed E-state index contributed by atoms with van der Waals surface area (Å²) < 4.78 is 57.5. The number of ether oxygens (including phenoxy) is 10. The van der Waals surface area contributed by atoms with Crippen molar-refractivity contribution in [3.63, 3.8) is 0 Å². The molecule has 25 nitrogen and oxygen atoms in total. The quantitative estimate of drug-likeness (QED) is 0.0331. The van der Waals surface area contributed by atoms with E-state index in [9.17, 15) is 19.2 Å². The van der Waals surface area contributed by atoms with E-state index in [4.69, 9.17) is 58.2 Å². The van der Waals surface area contributed by atoms with E-state index in [1.165, 1.54) is 15.8 Å². The van der Waals surface area contributed by atoms with Gasteiger partial charge in [0.25, 0.3) is 11.8 Å². The number of aromatic nitrogens is 6. The molecular formula is C87H114N10O15. The molecule has 0 unspecified atom stereocenters. The van der Waals surface area contributed by atoms with E-state index < -0.39 is 5.97 Å². The Hall–Kier alpha value is -11.8. The third-order valence-electron chi connectivity index (χ3n) is 18.4. The van der Waals surface area contributed by atoms with Crippen LogP contribution in [-0.2, 0) is 60.4 Å². The fourth-order valence-corrected chi connectivity index (χ4v) is 11.5. The molecule has 7 aromatic carbocycles. The molecule has 112 heavy (non-hydrogen) atoms. The van der Waals surface area contributed by atoms with Gasteiger partial charge in [-0.3, -0.25) is 28.4 Å². The Bertz CT molecular complexity index is 4670. The second-order valence-electron chi connectivity index (χ2n) is 26.7. The molecule has 0 fully saturated rings. The smallest absolute Gasteiger partial charge is 0.354 e. The van der Waals surface area contributed by atoms with Crippen molar-refractivity contribution < 1.29 is 71.7 Å². The van der Waals surface area contributed by atoms with Crippen LogP contribution in [0, 0.1) is 27.7 Å². The molecule has 0 aliphatic heterocycles. The number of carbonyl (C=O) groups excluding carboxylic acids is 3. The van der Waals surface area contributed by atoms with E-state index in [1.807, 2.05) is 168 Å². The normalized spacial score (nSPS) is 10.5. The minimum absolute atomic E-state index is 0.100. The average Bonchev–Trinajstić information content (AvgIpc) is 1.54. The van der Waals surface area contributed by atoms with E-state index in [-0.39, 0.29) is 29.3 Å². The number of amides is 2. The summed E-state index contributed by atoms with van der Waals surface area (Å²) in [6.07, 6.45) is 0.831. The average molecular weight is 1540 g/mol. The molecule has 0 aliphatic carbocycles. The van der Waals surface area contributed by atoms with Crippen molar-refractivity contribution in [2.24, 2.45) is 26.9 Å². The lowest BCUT2D eigenvalue weighted by molar-refractivity contribution is 0.0682. The van der Waals surface area contributed by atoms with Crippen molar-refractivity contribution >= 4 is 24.1 Å². The monoisotopic (exact) mass is 1540 g/mol. The van der Waals surface area contributed by atoms with E-state index in [0.29, 0.717) is 60.5 Å². The Morgan fingerprint density at radius 2 is 0.768 bits per heavy atom. The van der Waals surface area contributed by atoms with Crippen molar-refractivity contribution in [2.75, 3.05) is 71.1 Å². The van der Waals surface area contributed by atoms with Gasteiger partial charge in [-0.15, -0.1) is 0 Å². The number of aldehydes is 1. The summed E-state index contributed by atoms with van der Waals surface area (Å²) in [5, 5.41) is 28.1. The largest absolute Gasteiger partial charge is 0.497 e. The second kappa shape index (κ2) is 45.4. The van der Waals surface area contributed by atoms with Gasteiger partial charge in [-0.1, -0.05) is 102 Å². The van der Waals surface area contributed by atoms with Gasteiger partial charge < -0.3 is 73.7 Å². The second-order valence-corrected chi connectivity index (χ2v) is 26.7. The number of nitrogens with one attached hydrogen (secondary N) is 2. The fraction of sp³-hybridized carbons (Fsp3) is 0.368. The van der Waals surface area contributed by atoms with Crippen molar-refractivity contribution in [1.82, 2.24) is 44.9 Å². The molecule has 25 heteroatoms. The number of carboxylic acids is 1. The zero-order chi connectivity index (χ0) is 82.9. The van der Waals surface area contributed by atoms with Crippen LogP contribution in [0.1, 0.15) is 174 Å². The standard InChI is InChI=1S/C26H33N3O4.C18H23NO3.C17H23N3O2.C9H13NO2.C9H10O2.C8H12N2O2/c1-17(2)22-14-23(28(4)27-22)26(30)29(15-19-9-8-10-24(32-6)18(19)3)16-20-11-12-21(31-5)13-25(20)33-7;1-13-14(6-5-7-17(13)21-3)11-19-12-15-8-9-16(20-2)10-18(15)22-4;1-11(2)14-9-15(20(4)19-14)17(21)18-10-13-7-6-8-16(22-5)12(13)3;1-11-8-4-3-7(6-10)9(5-8)12-2;1-7-8(6-10)4-3-5-9(7)11-2;1-5(2)6-4-7(8(11)12)10(3)9-6/h8-14,17H,15-16H2,1-7H3;5-10,19H,11-12H2,1-4H3;6-9,11H,10H2,1-5H3,(H,18,21);3-5H,6,10H2,1-2H3;3-6H,1-2H3;4-5H,1-3H3,(H,11,12). The third-order valence-corrected chi connectivity index (χ3v) is 18.4. The number of aryl methyl sites for hydroxylation is 3. The van der Waals surface area contributed by atoms with Crippen LogP contribution in [0.25, 0.3) is 0 Å². The molecule has 0 radical (unpaired) electrons. The lowest BCUT2D eigenvalue weighted by atomic mass is 10.1. The van der Waals surface area contributed by atoms with Gasteiger partial charge in [-0.25, -0.2) is 4.79 Å². The number of hydrogen-bond donors (Lipinski definition) is 4. The number of aromatic carboxylic acids is 1. The van der Waals surface area contributed by atoms with E-state index >= 15 is 0 Å². The molecule has 0 atom stereocenters. The Morgan fingerprint density at radius 3 is 1.18 bits per heavy atom. The SMILES string of the molecule is CC(C)c1cc(C(=O)O)n(C)n1.COc1ccc(CN(Cc2cccc(OC)c2C)C(=O)c2cc(C(C)C)nn2C)c(OC)c1.COc1ccc(CN)c(OC)c1.COc1ccc(CNCc2cccc(OC)c2C)c(OC)c1.COc1cccc(C=O)c1C.COc1cccc(CNC(=O)c2cc(C(C)C)nn2C)c1C. The molecule has 10 rings (SSSR count). The van der Waals surface area contributed by atoms with Crippen molar-refractivity contribution in [3.05, 3.63) is 241 Å². The van der Waals surface area contributed by atoms with Gasteiger partial charge in [0.1, 0.15) is 80.9 Å². The van der Waals surface area contributed by atoms with Gasteiger partial charge in [-0.2, -0.15) is 15.3 Å². The van der Waals surface area contributed by atoms with Crippen molar-refractivity contribution in [3.8, 4) is 57.5 Å². The van der Waals surface area contributed by atoms with Gasteiger partial charge in [0.15, 0.2) is 0 Å². The van der Waals surface area contributed by atoms with Crippen molar-refractivity contribution in [1.29, 1.82) is 0 Å². The molecule has 3 aromatic heterocycles. The first kappa shape index (κ1) is 90.8. The maximum absolute atomic E-state index is 13.8. The van der Waals surface area contributed by atoms with Crippen LogP contribution in [0.3, 0.4) is 0 Å². The van der Waals surface area contributed by atoms with E-state index in [0.717, 1.165) is 127 Å². The number of methoxy groups -OCH3 is 10. The molecule has 0 saturated carbocycles. The molecule has 5 N–H and O–H groups in total. The van der Waals surface area contributed by atoms with Gasteiger partial charge in [0.05, 0.1) is 94.7 Å². The topological polar surface area (TPSA) is 288 Å². The summed E-state index contributed by atoms with van der Waals surface area (Å²) >= 11 is 0. The molecule has 2 amide bonds. The molecule has 10 aromatic rings. The number of nitrogens with zero attached hydrogens (tertiary/aromatic N) is 7. The van der Waals surface area contributed by atoms with Crippen LogP contribution < -0.4 is 63.7 Å². The van der Waals surface area contributed by atoms with E-state index in [2.05, 4.69) is 66.6 Å². The Morgan fingerprint density at radius 1 is 0.420 bits per heavy atom. The summed E-state index contributed by atoms with van der Waals surface area (Å²) in [6.45, 7) is 23.4. The molecule has 3 heterocycles. The highest BCUT2D eigenvalue weighted by Gasteiger charge is 2.25. The first-order valence-electron chi connectivity index (χ1n) is 36.5. The maximum Gasteiger partial charge on any atom is 0.354 e. The van der Waals surface area contributed by atoms with Crippen LogP contribution in [0.15, 0.2) is 146 Å². The summed E-state index contributed by atoms with van der Waals surface area (Å²) in [7, 11) is 21.6. The number of carboxylic acid groups (broad SMARTS) is 1. The maximum atomic E-state index is 13.8. The fourth-order valence-electron chi connectivity index (χ4n) is 11.5. The first-order valence-corrected chi connectivity index (χ1v) is 36.5. The minimum atomic E-state index is -0.933. The minimum Gasteiger partial charge on any atom is -0.497 e. The number of nitrogens with two attached hydrogens (primary N) is 1. The summed E-state index contributed by atoms with van der Waals surface area (Å²) in [5.74, 6) is 7.49. The Balaban J connectivity index is 0.000000252. The lowest BCUT2D eigenvalue weighted by Crippen LogP contribution is -2.32. The Kier molecular flexibility index (Phi) is 36.8. The molecule has 0 bridgehead atoms. The van der Waals surface area contributed by atoms with Crippen LogP contribution in [0.2, 0.25) is 0 Å². The van der Waals surface area contributed by atoms with Crippen LogP contribution >= 0.6 is 0 Å². The van der Waals surface area contributed by atoms with Gasteiger partial charge in [0, 0.05) is 99.9 Å². The number of carbonyl (C=O) groups is 4. The lowest BCUT2D eigenvalue weighted by Gasteiger charge is -2.25. The molecular weight excluding hydrogens is 1430 g/mol. The third kappa shape index (κ3) is 25.6. The molecule has 0 saturated heterocycles. The van der Waals surface area contributed by atoms with E-state index in [1.54, 1.807) is 113 Å². The van der Waals surface area contributed by atoms with Crippen LogP contribution in [0.5, 0.6) is 57.5 Å². The zero-order valence-corrected chi connectivity index (χ0v) is 69.3. The first-order chi connectivity index (χ1) is 53.5. The number of benzene rings is 7. The van der Waals surface area contributed by atoms with Crippen LogP contribution in [0.4, 0.5) is 0 Å². The highest BCUT2D eigenvalue weighted by molar-refractivity contribution is 5.93. The highest BCUT2D eigenvalue weighted by Crippen LogP contribution is 2.32. The Labute approximate surface area is 660 Å². The van der Waals surface area contributed by atoms with Gasteiger partial charge >= 0.3 is 5.97 Å². The summed E-state index contributed by atoms with van der Waals surface area (Å²) in [4.78, 5) is 49.0. The molecule has 0 spiro atoms. The number of rotatable bonds is 28. The predicted octanol–water partition coefficient (Wildman–Crippen LogP) is 15.0. The molecule has 0 aliphatic rings. The summed E-state index contributed by atoms with van der Waals surface area (Å²) in [5.41, 5.74) is 20.5. The van der Waals surface area contributed by atoms with Crippen molar-refractivity contribution in [2.45, 2.75) is 126 Å². The summed E-state index contributed by atoms with van der Waals surface area (Å²) in [6, 6.07) is 45.6.